The van der Waals surface area contributed by atoms with E-state index in [2.05, 4.69) is 4.74 Å². The monoisotopic (exact) mass is 299 g/mol. The number of hydrogen-bond acceptors (Lipinski definition) is 4. The summed E-state index contributed by atoms with van der Waals surface area (Å²) < 4.78 is 18.3. The number of amides is 1. The Morgan fingerprint density at radius 3 is 2.75 bits per heavy atom. The number of halogens is 2. The van der Waals surface area contributed by atoms with Crippen molar-refractivity contribution in [1.82, 2.24) is 0 Å². The zero-order chi connectivity index (χ0) is 14.9. The number of Topliss-reactive ketones (excluding diaryl/α,β-unsaturated/α-hetero) is 1. The molecule has 0 fully saturated rings. The van der Waals surface area contributed by atoms with Gasteiger partial charge in [-0.1, -0.05) is 11.6 Å². The Morgan fingerprint density at radius 1 is 1.40 bits per heavy atom. The lowest BCUT2D eigenvalue weighted by molar-refractivity contribution is -0.140. The summed E-state index contributed by atoms with van der Waals surface area (Å²) in [6, 6.07) is 2.33. The maximum atomic E-state index is 13.8. The van der Waals surface area contributed by atoms with E-state index in [0.717, 1.165) is 11.0 Å². The molecule has 0 aromatic heterocycles. The van der Waals surface area contributed by atoms with Gasteiger partial charge in [-0.15, -0.1) is 0 Å². The van der Waals surface area contributed by atoms with Gasteiger partial charge in [-0.3, -0.25) is 14.4 Å². The van der Waals surface area contributed by atoms with Gasteiger partial charge in [0.15, 0.2) is 0 Å². The first kappa shape index (κ1) is 14.5. The van der Waals surface area contributed by atoms with E-state index >= 15 is 0 Å². The van der Waals surface area contributed by atoms with E-state index in [-0.39, 0.29) is 35.7 Å². The molecule has 0 N–H and O–H groups in total. The third kappa shape index (κ3) is 2.38. The van der Waals surface area contributed by atoms with Crippen molar-refractivity contribution in [3.63, 3.8) is 0 Å². The predicted molar refractivity (Wildman–Crippen MR) is 69.3 cm³/mol. The summed E-state index contributed by atoms with van der Waals surface area (Å²) in [5, 5.41) is 0.0372. The van der Waals surface area contributed by atoms with Gasteiger partial charge in [0.2, 0.25) is 0 Å². The van der Waals surface area contributed by atoms with E-state index in [9.17, 15) is 18.8 Å². The van der Waals surface area contributed by atoms with Crippen molar-refractivity contribution in [1.29, 1.82) is 0 Å². The highest BCUT2D eigenvalue weighted by molar-refractivity contribution is 6.55. The van der Waals surface area contributed by atoms with Crippen LogP contribution in [0, 0.1) is 5.82 Å². The highest BCUT2D eigenvalue weighted by Gasteiger charge is 2.39. The average molecular weight is 300 g/mol. The molecule has 0 radical (unpaired) electrons. The van der Waals surface area contributed by atoms with Gasteiger partial charge in [-0.25, -0.2) is 4.39 Å². The molecule has 0 unspecified atom stereocenters. The summed E-state index contributed by atoms with van der Waals surface area (Å²) in [6.45, 7) is 0.0456. The van der Waals surface area contributed by atoms with Crippen molar-refractivity contribution in [2.45, 2.75) is 12.8 Å². The Balaban J connectivity index is 2.25. The molecule has 20 heavy (non-hydrogen) atoms. The number of anilines is 1. The fraction of sp³-hybridized carbons (Fsp3) is 0.308. The van der Waals surface area contributed by atoms with Crippen LogP contribution < -0.4 is 4.90 Å². The summed E-state index contributed by atoms with van der Waals surface area (Å²) in [6.07, 6.45) is 0.336. The standard InChI is InChI=1S/C13H11ClFNO4/c1-20-9(17)3-2-6-16-11-8(15)5-4-7(14)10(11)12(18)13(16)19/h4-5H,2-3,6H2,1H3. The molecule has 1 aliphatic rings. The maximum Gasteiger partial charge on any atom is 0.305 e. The summed E-state index contributed by atoms with van der Waals surface area (Å²) >= 11 is 5.83. The smallest absolute Gasteiger partial charge is 0.305 e. The van der Waals surface area contributed by atoms with Crippen molar-refractivity contribution in [3.05, 3.63) is 28.5 Å². The Morgan fingerprint density at radius 2 is 2.10 bits per heavy atom. The van der Waals surface area contributed by atoms with Gasteiger partial charge >= 0.3 is 5.97 Å². The summed E-state index contributed by atoms with van der Waals surface area (Å²) in [4.78, 5) is 35.7. The maximum absolute atomic E-state index is 13.8. The first-order chi connectivity index (χ1) is 9.47. The number of ketones is 1. The second kappa shape index (κ2) is 5.58. The van der Waals surface area contributed by atoms with Crippen molar-refractivity contribution >= 4 is 34.9 Å². The number of carbonyl (C=O) groups is 3. The lowest BCUT2D eigenvalue weighted by Gasteiger charge is -2.16. The molecule has 1 aromatic rings. The molecule has 0 saturated heterocycles. The normalized spacial score (nSPS) is 13.7. The molecule has 1 heterocycles. The molecule has 106 valence electrons. The fourth-order valence-electron chi connectivity index (χ4n) is 2.05. The molecule has 1 aromatic carbocycles. The molecule has 0 aliphatic carbocycles. The number of carbonyl (C=O) groups excluding carboxylic acids is 3. The molecule has 0 bridgehead atoms. The third-order valence-corrected chi connectivity index (χ3v) is 3.32. The Labute approximate surface area is 119 Å². The quantitative estimate of drug-likeness (QED) is 0.630. The van der Waals surface area contributed by atoms with Crippen LogP contribution >= 0.6 is 11.6 Å². The molecular formula is C13H11ClFNO4. The highest BCUT2D eigenvalue weighted by Crippen LogP contribution is 2.36. The predicted octanol–water partition coefficient (Wildman–Crippen LogP) is 1.96. The minimum absolute atomic E-state index is 0.0372. The Bertz CT molecular complexity index is 602. The van der Waals surface area contributed by atoms with Crippen LogP contribution in [0.1, 0.15) is 23.2 Å². The minimum Gasteiger partial charge on any atom is -0.469 e. The molecule has 7 heteroatoms. The second-order valence-electron chi connectivity index (χ2n) is 4.22. The van der Waals surface area contributed by atoms with E-state index in [0.29, 0.717) is 0 Å². The topological polar surface area (TPSA) is 63.7 Å². The van der Waals surface area contributed by atoms with Crippen LogP contribution in [0.4, 0.5) is 10.1 Å². The van der Waals surface area contributed by atoms with Gasteiger partial charge in [0, 0.05) is 13.0 Å². The van der Waals surface area contributed by atoms with Gasteiger partial charge in [0.1, 0.15) is 5.82 Å². The van der Waals surface area contributed by atoms with Crippen molar-refractivity contribution in [3.8, 4) is 0 Å². The zero-order valence-electron chi connectivity index (χ0n) is 10.6. The highest BCUT2D eigenvalue weighted by atomic mass is 35.5. The first-order valence-corrected chi connectivity index (χ1v) is 6.26. The Kier molecular flexibility index (Phi) is 4.04. The van der Waals surface area contributed by atoms with E-state index in [1.54, 1.807) is 0 Å². The number of hydrogen-bond donors (Lipinski definition) is 0. The third-order valence-electron chi connectivity index (χ3n) is 3.00. The number of fused-ring (bicyclic) bond motifs is 1. The van der Waals surface area contributed by atoms with Crippen LogP contribution in [0.25, 0.3) is 0 Å². The largest absolute Gasteiger partial charge is 0.469 e. The van der Waals surface area contributed by atoms with Gasteiger partial charge < -0.3 is 9.64 Å². The number of nitrogens with zero attached hydrogens (tertiary/aromatic N) is 1. The van der Waals surface area contributed by atoms with Crippen LogP contribution in [0.15, 0.2) is 12.1 Å². The molecule has 0 atom stereocenters. The lowest BCUT2D eigenvalue weighted by Crippen LogP contribution is -2.31. The number of esters is 1. The molecule has 5 nitrogen and oxygen atoms in total. The van der Waals surface area contributed by atoms with Crippen LogP contribution in [0.2, 0.25) is 5.02 Å². The van der Waals surface area contributed by atoms with Crippen LogP contribution in [0.5, 0.6) is 0 Å². The second-order valence-corrected chi connectivity index (χ2v) is 4.63. The van der Waals surface area contributed by atoms with Crippen molar-refractivity contribution in [2.24, 2.45) is 0 Å². The lowest BCUT2D eigenvalue weighted by atomic mass is 10.1. The number of benzene rings is 1. The molecule has 0 saturated carbocycles. The van der Waals surface area contributed by atoms with Crippen molar-refractivity contribution < 1.29 is 23.5 Å². The number of methoxy groups -OCH3 is 1. The van der Waals surface area contributed by atoms with E-state index in [1.165, 1.54) is 13.2 Å². The first-order valence-electron chi connectivity index (χ1n) is 5.88. The summed E-state index contributed by atoms with van der Waals surface area (Å²) in [5.41, 5.74) is -0.230. The molecular weight excluding hydrogens is 289 g/mol. The fourth-order valence-corrected chi connectivity index (χ4v) is 2.29. The SMILES string of the molecule is COC(=O)CCCN1C(=O)C(=O)c2c(Cl)ccc(F)c21. The van der Waals surface area contributed by atoms with Gasteiger partial charge in [-0.05, 0) is 18.6 Å². The molecule has 0 spiro atoms. The van der Waals surface area contributed by atoms with E-state index in [1.807, 2.05) is 0 Å². The van der Waals surface area contributed by atoms with Crippen LogP contribution in [-0.4, -0.2) is 31.3 Å². The van der Waals surface area contributed by atoms with Crippen molar-refractivity contribution in [2.75, 3.05) is 18.6 Å². The average Bonchev–Trinajstić information content (AvgIpc) is 2.68. The van der Waals surface area contributed by atoms with Gasteiger partial charge in [-0.2, -0.15) is 0 Å². The summed E-state index contributed by atoms with van der Waals surface area (Å²) in [5.74, 6) is -2.80. The minimum atomic E-state index is -0.836. The van der Waals surface area contributed by atoms with Crippen LogP contribution in [0.3, 0.4) is 0 Å². The van der Waals surface area contributed by atoms with Gasteiger partial charge in [0.25, 0.3) is 11.7 Å². The summed E-state index contributed by atoms with van der Waals surface area (Å²) in [7, 11) is 1.25. The van der Waals surface area contributed by atoms with Gasteiger partial charge in [0.05, 0.1) is 23.4 Å². The van der Waals surface area contributed by atoms with Crippen LogP contribution in [-0.2, 0) is 14.3 Å². The van der Waals surface area contributed by atoms with E-state index in [4.69, 9.17) is 11.6 Å². The zero-order valence-corrected chi connectivity index (χ0v) is 11.4. The molecule has 1 aliphatic heterocycles. The molecule has 1 amide bonds. The number of rotatable bonds is 4. The number of ether oxygens (including phenoxy) is 1. The molecule has 2 rings (SSSR count). The Hall–Kier alpha value is -1.95. The van der Waals surface area contributed by atoms with E-state index < -0.39 is 23.5 Å².